The maximum atomic E-state index is 11.4. The van der Waals surface area contributed by atoms with Gasteiger partial charge in [0.1, 0.15) is 5.82 Å². The topological polar surface area (TPSA) is 98.0 Å². The molecule has 0 radical (unpaired) electrons. The van der Waals surface area contributed by atoms with Gasteiger partial charge in [-0.25, -0.2) is 9.97 Å². The van der Waals surface area contributed by atoms with Crippen LogP contribution in [0.1, 0.15) is 36.0 Å². The predicted molar refractivity (Wildman–Crippen MR) is 71.2 cm³/mol. The molecule has 0 spiro atoms. The van der Waals surface area contributed by atoms with Gasteiger partial charge in [-0.3, -0.25) is 9.00 Å². The average molecular weight is 280 g/mol. The second-order valence-electron chi connectivity index (χ2n) is 5.45. The van der Waals surface area contributed by atoms with Crippen molar-refractivity contribution in [2.75, 3.05) is 11.6 Å². The minimum Gasteiger partial charge on any atom is -0.365 e. The summed E-state index contributed by atoms with van der Waals surface area (Å²) in [4.78, 5) is 19.5. The molecule has 1 aromatic heterocycles. The van der Waals surface area contributed by atoms with E-state index >= 15 is 0 Å². The van der Waals surface area contributed by atoms with Crippen LogP contribution in [-0.2, 0) is 10.8 Å². The van der Waals surface area contributed by atoms with Crippen LogP contribution in [0.15, 0.2) is 11.4 Å². The number of anilines is 1. The Labute approximate surface area is 113 Å². The highest BCUT2D eigenvalue weighted by Crippen LogP contribution is 2.53. The number of amides is 1. The van der Waals surface area contributed by atoms with E-state index in [0.717, 1.165) is 25.2 Å². The van der Waals surface area contributed by atoms with E-state index in [1.807, 2.05) is 0 Å². The lowest BCUT2D eigenvalue weighted by atomic mass is 9.77. The number of fused-ring (bicyclic) bond motifs is 1. The Kier molecular flexibility index (Phi) is 2.81. The van der Waals surface area contributed by atoms with Crippen LogP contribution >= 0.6 is 0 Å². The lowest BCUT2D eigenvalue weighted by molar-refractivity contribution is 0.1000. The summed E-state index contributed by atoms with van der Waals surface area (Å²) in [5, 5.41) is 3.56. The van der Waals surface area contributed by atoms with Gasteiger partial charge in [-0.2, -0.15) is 0 Å². The van der Waals surface area contributed by atoms with Crippen LogP contribution in [0, 0.1) is 5.92 Å². The molecule has 1 amide bonds. The normalized spacial score (nSPS) is 29.6. The quantitative estimate of drug-likeness (QED) is 0.790. The summed E-state index contributed by atoms with van der Waals surface area (Å²) in [6, 6.07) is 0. The number of nitrogens with two attached hydrogens (primary N) is 1. The van der Waals surface area contributed by atoms with E-state index in [2.05, 4.69) is 15.3 Å². The lowest BCUT2D eigenvalue weighted by Gasteiger charge is -2.40. The van der Waals surface area contributed by atoms with Crippen LogP contribution < -0.4 is 11.1 Å². The summed E-state index contributed by atoms with van der Waals surface area (Å²) in [5.41, 5.74) is 5.65. The minimum absolute atomic E-state index is 0.0513. The molecule has 6 nitrogen and oxygen atoms in total. The van der Waals surface area contributed by atoms with Crippen molar-refractivity contribution in [2.24, 2.45) is 11.7 Å². The van der Waals surface area contributed by atoms with E-state index in [1.54, 1.807) is 0 Å². The van der Waals surface area contributed by atoms with E-state index in [1.165, 1.54) is 18.9 Å². The number of nitrogens with zero attached hydrogens (tertiary/aromatic N) is 2. The molecule has 1 aromatic rings. The van der Waals surface area contributed by atoms with Gasteiger partial charge in [0.15, 0.2) is 0 Å². The number of aromatic nitrogens is 2. The Balaban J connectivity index is 1.94. The number of carbonyl (C=O) groups is 1. The molecule has 1 unspecified atom stereocenters. The predicted octanol–water partition coefficient (Wildman–Crippen LogP) is 0.667. The maximum Gasteiger partial charge on any atom is 0.254 e. The van der Waals surface area contributed by atoms with Gasteiger partial charge in [-0.15, -0.1) is 0 Å². The SMILES string of the molecule is CS(=O)c1ncc(C(N)=O)c(NC23CCC(C2)C3)n1. The first-order valence-electron chi connectivity index (χ1n) is 6.27. The summed E-state index contributed by atoms with van der Waals surface area (Å²) in [7, 11) is -1.28. The fourth-order valence-corrected chi connectivity index (χ4v) is 3.55. The number of hydrogen-bond donors (Lipinski definition) is 2. The number of rotatable bonds is 4. The molecular formula is C12H16N4O2S. The van der Waals surface area contributed by atoms with Gasteiger partial charge in [0.2, 0.25) is 5.16 Å². The Morgan fingerprint density at radius 1 is 1.58 bits per heavy atom. The third-order valence-electron chi connectivity index (χ3n) is 4.06. The van der Waals surface area contributed by atoms with Crippen LogP contribution in [-0.4, -0.2) is 31.9 Å². The van der Waals surface area contributed by atoms with Crippen LogP contribution in [0.2, 0.25) is 0 Å². The fraction of sp³-hybridized carbons (Fsp3) is 0.583. The average Bonchev–Trinajstić information content (AvgIpc) is 2.87. The zero-order valence-electron chi connectivity index (χ0n) is 10.7. The molecule has 3 N–H and O–H groups in total. The summed E-state index contributed by atoms with van der Waals surface area (Å²) < 4.78 is 11.4. The molecule has 0 aliphatic heterocycles. The third-order valence-corrected chi connectivity index (χ3v) is 4.77. The molecule has 3 aliphatic rings. The molecule has 0 aromatic carbocycles. The van der Waals surface area contributed by atoms with Crippen molar-refractivity contribution in [2.45, 2.75) is 36.4 Å². The summed E-state index contributed by atoms with van der Waals surface area (Å²) in [6.45, 7) is 0. The molecule has 1 heterocycles. The van der Waals surface area contributed by atoms with Crippen LogP contribution in [0.5, 0.6) is 0 Å². The first kappa shape index (κ1) is 12.5. The molecule has 4 rings (SSSR count). The van der Waals surface area contributed by atoms with Crippen molar-refractivity contribution in [1.82, 2.24) is 9.97 Å². The Morgan fingerprint density at radius 2 is 2.32 bits per heavy atom. The minimum atomic E-state index is -1.28. The number of carbonyl (C=O) groups excluding carboxylic acids is 1. The zero-order chi connectivity index (χ0) is 13.6. The first-order valence-corrected chi connectivity index (χ1v) is 7.83. The molecular weight excluding hydrogens is 264 g/mol. The molecule has 19 heavy (non-hydrogen) atoms. The molecule has 3 aliphatic carbocycles. The van der Waals surface area contributed by atoms with E-state index in [0.29, 0.717) is 5.82 Å². The third kappa shape index (κ3) is 2.11. The van der Waals surface area contributed by atoms with Crippen molar-refractivity contribution in [3.05, 3.63) is 11.8 Å². The summed E-state index contributed by atoms with van der Waals surface area (Å²) >= 11 is 0. The number of nitrogens with one attached hydrogen (secondary N) is 1. The second kappa shape index (κ2) is 4.26. The van der Waals surface area contributed by atoms with Crippen molar-refractivity contribution >= 4 is 22.5 Å². The Bertz CT molecular complexity index is 563. The Hall–Kier alpha value is -1.50. The van der Waals surface area contributed by atoms with Crippen molar-refractivity contribution in [1.29, 1.82) is 0 Å². The van der Waals surface area contributed by atoms with Gasteiger partial charge in [0.05, 0.1) is 16.4 Å². The molecule has 3 saturated carbocycles. The molecule has 2 bridgehead atoms. The van der Waals surface area contributed by atoms with E-state index in [-0.39, 0.29) is 16.3 Å². The van der Waals surface area contributed by atoms with Crippen molar-refractivity contribution in [3.63, 3.8) is 0 Å². The fourth-order valence-electron chi connectivity index (χ4n) is 3.13. The van der Waals surface area contributed by atoms with Crippen LogP contribution in [0.4, 0.5) is 5.82 Å². The Morgan fingerprint density at radius 3 is 2.84 bits per heavy atom. The van der Waals surface area contributed by atoms with E-state index < -0.39 is 16.7 Å². The smallest absolute Gasteiger partial charge is 0.254 e. The summed E-state index contributed by atoms with van der Waals surface area (Å²) in [5.74, 6) is 0.653. The van der Waals surface area contributed by atoms with Crippen molar-refractivity contribution < 1.29 is 9.00 Å². The standard InChI is InChI=1S/C12H16N4O2S/c1-19(18)11-14-6-8(9(13)17)10(15-11)16-12-3-2-7(4-12)5-12/h6-7H,2-5H2,1H3,(H2,13,17)(H,14,15,16). The zero-order valence-corrected chi connectivity index (χ0v) is 11.5. The molecule has 1 atom stereocenters. The second-order valence-corrected chi connectivity index (χ2v) is 6.72. The highest BCUT2D eigenvalue weighted by Gasteiger charge is 2.50. The molecule has 7 heteroatoms. The monoisotopic (exact) mass is 280 g/mol. The van der Waals surface area contributed by atoms with Gasteiger partial charge in [0, 0.05) is 18.0 Å². The van der Waals surface area contributed by atoms with Gasteiger partial charge in [-0.05, 0) is 31.6 Å². The van der Waals surface area contributed by atoms with Crippen molar-refractivity contribution in [3.8, 4) is 0 Å². The molecule has 102 valence electrons. The molecule has 0 saturated heterocycles. The largest absolute Gasteiger partial charge is 0.365 e. The van der Waals surface area contributed by atoms with Gasteiger partial charge < -0.3 is 11.1 Å². The van der Waals surface area contributed by atoms with Crippen LogP contribution in [0.25, 0.3) is 0 Å². The lowest BCUT2D eigenvalue weighted by Crippen LogP contribution is -2.43. The highest BCUT2D eigenvalue weighted by molar-refractivity contribution is 7.84. The summed E-state index contributed by atoms with van der Waals surface area (Å²) in [6.07, 6.45) is 7.40. The van der Waals surface area contributed by atoms with Gasteiger partial charge >= 0.3 is 0 Å². The van der Waals surface area contributed by atoms with E-state index in [4.69, 9.17) is 5.73 Å². The van der Waals surface area contributed by atoms with Crippen LogP contribution in [0.3, 0.4) is 0 Å². The number of hydrogen-bond acceptors (Lipinski definition) is 5. The van der Waals surface area contributed by atoms with E-state index in [9.17, 15) is 9.00 Å². The maximum absolute atomic E-state index is 11.4. The first-order chi connectivity index (χ1) is 8.99. The van der Waals surface area contributed by atoms with Gasteiger partial charge in [0.25, 0.3) is 5.91 Å². The van der Waals surface area contributed by atoms with Gasteiger partial charge in [-0.1, -0.05) is 0 Å². The molecule has 3 fully saturated rings. The highest BCUT2D eigenvalue weighted by atomic mass is 32.2. The number of primary amides is 1.